The van der Waals surface area contributed by atoms with Crippen molar-refractivity contribution in [2.24, 2.45) is 0 Å². The predicted molar refractivity (Wildman–Crippen MR) is 112 cm³/mol. The van der Waals surface area contributed by atoms with E-state index in [4.69, 9.17) is 14.2 Å². The Kier molecular flexibility index (Phi) is 3.92. The first-order valence-corrected chi connectivity index (χ1v) is 10.8. The van der Waals surface area contributed by atoms with Crippen LogP contribution < -0.4 is 0 Å². The van der Waals surface area contributed by atoms with Crippen molar-refractivity contribution < 1.29 is 14.2 Å². The summed E-state index contributed by atoms with van der Waals surface area (Å²) in [5.74, 6) is -0.437. The van der Waals surface area contributed by atoms with Gasteiger partial charge in [0, 0.05) is 17.5 Å². The van der Waals surface area contributed by atoms with Gasteiger partial charge in [-0.3, -0.25) is 0 Å². The first kappa shape index (κ1) is 18.5. The molecule has 0 radical (unpaired) electrons. The lowest BCUT2D eigenvalue weighted by Gasteiger charge is -2.29. The topological polar surface area (TPSA) is 58.4 Å². The van der Waals surface area contributed by atoms with Gasteiger partial charge in [0.05, 0.1) is 11.8 Å². The lowest BCUT2D eigenvalue weighted by atomic mass is 9.83. The van der Waals surface area contributed by atoms with Crippen LogP contribution in [0.2, 0.25) is 0 Å². The number of rotatable bonds is 3. The van der Waals surface area contributed by atoms with Crippen LogP contribution in [0.3, 0.4) is 0 Å². The fourth-order valence-electron chi connectivity index (χ4n) is 5.22. The third kappa shape index (κ3) is 2.67. The summed E-state index contributed by atoms with van der Waals surface area (Å²) < 4.78 is 21.5. The smallest absolute Gasteiger partial charge is 0.164 e. The zero-order valence-electron chi connectivity index (χ0n) is 17.8. The third-order valence-corrected chi connectivity index (χ3v) is 6.96. The van der Waals surface area contributed by atoms with Gasteiger partial charge in [0.25, 0.3) is 0 Å². The summed E-state index contributed by atoms with van der Waals surface area (Å²) in [4.78, 5) is 8.85. The minimum atomic E-state index is -0.635. The molecule has 0 unspecified atom stereocenters. The van der Waals surface area contributed by atoms with Crippen molar-refractivity contribution in [1.29, 1.82) is 0 Å². The van der Waals surface area contributed by atoms with Crippen LogP contribution in [0.1, 0.15) is 55.3 Å². The SMILES string of the molecule is Cc1ncnc2c1ccn2[C@@H]1O[C@H]([C@H](C)c2ccc3c(c2)CC3)[C@H]2OC(C)(C)O[C@H]21. The van der Waals surface area contributed by atoms with Crippen LogP contribution in [-0.2, 0) is 27.1 Å². The average Bonchev–Trinajstić information content (AvgIpc) is 3.33. The number of aryl methyl sites for hydroxylation is 3. The lowest BCUT2D eigenvalue weighted by Crippen LogP contribution is -2.33. The monoisotopic (exact) mass is 405 g/mol. The maximum atomic E-state index is 6.67. The molecular weight excluding hydrogens is 378 g/mol. The van der Waals surface area contributed by atoms with Gasteiger partial charge in [-0.1, -0.05) is 25.1 Å². The molecule has 2 aliphatic heterocycles. The molecule has 156 valence electrons. The molecule has 6 nitrogen and oxygen atoms in total. The molecule has 2 saturated heterocycles. The summed E-state index contributed by atoms with van der Waals surface area (Å²) in [5, 5.41) is 1.04. The van der Waals surface area contributed by atoms with E-state index in [1.54, 1.807) is 6.33 Å². The van der Waals surface area contributed by atoms with Gasteiger partial charge < -0.3 is 18.8 Å². The van der Waals surface area contributed by atoms with Crippen LogP contribution in [0.4, 0.5) is 0 Å². The normalized spacial score (nSPS) is 30.1. The van der Waals surface area contributed by atoms with E-state index >= 15 is 0 Å². The molecule has 6 rings (SSSR count). The molecule has 0 amide bonds. The first-order valence-electron chi connectivity index (χ1n) is 10.8. The van der Waals surface area contributed by atoms with Crippen molar-refractivity contribution in [2.45, 2.75) is 76.8 Å². The van der Waals surface area contributed by atoms with Crippen molar-refractivity contribution in [3.8, 4) is 0 Å². The molecule has 5 atom stereocenters. The van der Waals surface area contributed by atoms with Gasteiger partial charge in [-0.05, 0) is 56.4 Å². The molecule has 1 aliphatic carbocycles. The van der Waals surface area contributed by atoms with E-state index in [1.807, 2.05) is 27.0 Å². The Morgan fingerprint density at radius 2 is 1.87 bits per heavy atom. The van der Waals surface area contributed by atoms with Crippen LogP contribution in [0.5, 0.6) is 0 Å². The molecule has 0 N–H and O–H groups in total. The summed E-state index contributed by atoms with van der Waals surface area (Å²) in [5.41, 5.74) is 6.09. The molecular formula is C24H27N3O3. The third-order valence-electron chi connectivity index (χ3n) is 6.96. The summed E-state index contributed by atoms with van der Waals surface area (Å²) in [7, 11) is 0. The molecule has 2 aromatic heterocycles. The van der Waals surface area contributed by atoms with E-state index in [1.165, 1.54) is 29.5 Å². The van der Waals surface area contributed by atoms with E-state index in [2.05, 4.69) is 45.7 Å². The van der Waals surface area contributed by atoms with Crippen LogP contribution in [0.25, 0.3) is 11.0 Å². The lowest BCUT2D eigenvalue weighted by molar-refractivity contribution is -0.198. The molecule has 1 aromatic carbocycles. The zero-order chi connectivity index (χ0) is 20.6. The Bertz CT molecular complexity index is 1140. The first-order chi connectivity index (χ1) is 14.4. The van der Waals surface area contributed by atoms with Crippen molar-refractivity contribution in [3.05, 3.63) is 59.2 Å². The number of hydrogen-bond acceptors (Lipinski definition) is 5. The van der Waals surface area contributed by atoms with Gasteiger partial charge in [-0.15, -0.1) is 0 Å². The molecule has 0 spiro atoms. The molecule has 2 fully saturated rings. The Hall–Kier alpha value is -2.28. The summed E-state index contributed by atoms with van der Waals surface area (Å²) in [6, 6.07) is 8.91. The zero-order valence-corrected chi connectivity index (χ0v) is 17.8. The van der Waals surface area contributed by atoms with Crippen molar-refractivity contribution in [3.63, 3.8) is 0 Å². The molecule has 0 bridgehead atoms. The maximum absolute atomic E-state index is 6.67. The average molecular weight is 405 g/mol. The van der Waals surface area contributed by atoms with Gasteiger partial charge in [0.15, 0.2) is 12.0 Å². The largest absolute Gasteiger partial charge is 0.348 e. The molecule has 30 heavy (non-hydrogen) atoms. The van der Waals surface area contributed by atoms with Gasteiger partial charge in [0.2, 0.25) is 0 Å². The van der Waals surface area contributed by atoms with E-state index < -0.39 is 5.79 Å². The molecule has 6 heteroatoms. The van der Waals surface area contributed by atoms with Crippen molar-refractivity contribution >= 4 is 11.0 Å². The molecule has 0 saturated carbocycles. The summed E-state index contributed by atoms with van der Waals surface area (Å²) in [6.07, 6.45) is 5.31. The number of aromatic nitrogens is 3. The number of benzene rings is 1. The number of ether oxygens (including phenoxy) is 3. The van der Waals surface area contributed by atoms with Crippen LogP contribution in [0.15, 0.2) is 36.8 Å². The Morgan fingerprint density at radius 3 is 2.63 bits per heavy atom. The van der Waals surface area contributed by atoms with E-state index in [0.717, 1.165) is 16.7 Å². The Morgan fingerprint density at radius 1 is 1.07 bits per heavy atom. The van der Waals surface area contributed by atoms with Gasteiger partial charge in [-0.25, -0.2) is 9.97 Å². The second-order valence-electron chi connectivity index (χ2n) is 9.29. The van der Waals surface area contributed by atoms with Crippen LogP contribution >= 0.6 is 0 Å². The molecule has 4 heterocycles. The second kappa shape index (κ2) is 6.36. The number of nitrogens with zero attached hydrogens (tertiary/aromatic N) is 3. The highest BCUT2D eigenvalue weighted by Crippen LogP contribution is 2.47. The fourth-order valence-corrected chi connectivity index (χ4v) is 5.22. The highest BCUT2D eigenvalue weighted by Gasteiger charge is 2.57. The van der Waals surface area contributed by atoms with Crippen LogP contribution in [-0.4, -0.2) is 38.6 Å². The maximum Gasteiger partial charge on any atom is 0.164 e. The fraction of sp³-hybridized carbons (Fsp3) is 0.500. The van der Waals surface area contributed by atoms with Gasteiger partial charge in [0.1, 0.15) is 24.2 Å². The van der Waals surface area contributed by atoms with Gasteiger partial charge in [-0.2, -0.15) is 0 Å². The minimum absolute atomic E-state index is 0.0970. The van der Waals surface area contributed by atoms with E-state index in [9.17, 15) is 0 Å². The predicted octanol–water partition coefficient (Wildman–Crippen LogP) is 4.06. The summed E-state index contributed by atoms with van der Waals surface area (Å²) in [6.45, 7) is 8.20. The molecule has 3 aliphatic rings. The molecule has 3 aromatic rings. The second-order valence-corrected chi connectivity index (χ2v) is 9.29. The standard InChI is InChI=1S/C24H27N3O3/c1-13(16-7-5-15-6-8-17(15)11-16)19-20-21(30-24(3,4)29-20)23(28-19)27-10-9-18-14(2)25-12-26-22(18)27/h5,7,9-13,19-21,23H,6,8H2,1-4H3/t13-,19-,20-,21-,23-/m1/s1. The van der Waals surface area contributed by atoms with Gasteiger partial charge >= 0.3 is 0 Å². The number of hydrogen-bond donors (Lipinski definition) is 0. The summed E-state index contributed by atoms with van der Waals surface area (Å²) >= 11 is 0. The Labute approximate surface area is 176 Å². The highest BCUT2D eigenvalue weighted by molar-refractivity contribution is 5.78. The Balaban J connectivity index is 1.38. The quantitative estimate of drug-likeness (QED) is 0.658. The van der Waals surface area contributed by atoms with Crippen molar-refractivity contribution in [2.75, 3.05) is 0 Å². The minimum Gasteiger partial charge on any atom is -0.348 e. The van der Waals surface area contributed by atoms with Crippen molar-refractivity contribution in [1.82, 2.24) is 14.5 Å². The number of fused-ring (bicyclic) bond motifs is 3. The van der Waals surface area contributed by atoms with E-state index in [0.29, 0.717) is 0 Å². The van der Waals surface area contributed by atoms with Crippen LogP contribution in [0, 0.1) is 6.92 Å². The highest BCUT2D eigenvalue weighted by atomic mass is 16.8. The van der Waals surface area contributed by atoms with E-state index in [-0.39, 0.29) is 30.5 Å².